The molecule has 10 heteroatoms. The zero-order valence-electron chi connectivity index (χ0n) is 9.73. The van der Waals surface area contributed by atoms with Crippen molar-refractivity contribution in [2.75, 3.05) is 5.32 Å². The molecular weight excluding hydrogens is 321 g/mol. The summed E-state index contributed by atoms with van der Waals surface area (Å²) >= 11 is 5.42. The molecule has 0 fully saturated rings. The summed E-state index contributed by atoms with van der Waals surface area (Å²) in [5, 5.41) is 1.49. The van der Waals surface area contributed by atoms with Gasteiger partial charge in [0, 0.05) is 0 Å². The largest absolute Gasteiger partial charge is 0.315 e. The third-order valence-electron chi connectivity index (χ3n) is 2.30. The quantitative estimate of drug-likeness (QED) is 0.525. The Balaban J connectivity index is 2.40. The number of hydrogen-bond acceptors (Lipinski definition) is 3. The van der Waals surface area contributed by atoms with Gasteiger partial charge in [0.2, 0.25) is 5.82 Å². The summed E-state index contributed by atoms with van der Waals surface area (Å²) in [5.41, 5.74) is -1.91. The van der Waals surface area contributed by atoms with Crippen LogP contribution < -0.4 is 5.32 Å². The molecule has 0 aliphatic carbocycles. The van der Waals surface area contributed by atoms with Gasteiger partial charge >= 0.3 is 0 Å². The number of rotatable bonds is 2. The van der Waals surface area contributed by atoms with Crippen molar-refractivity contribution in [3.8, 4) is 0 Å². The Kier molecular flexibility index (Phi) is 4.03. The van der Waals surface area contributed by atoms with Gasteiger partial charge in [-0.3, -0.25) is 4.79 Å². The fraction of sp³-hybridized carbons (Fsp3) is 0. The summed E-state index contributed by atoms with van der Waals surface area (Å²) in [7, 11) is 0. The number of nitrogens with one attached hydrogen (secondary N) is 1. The maximum Gasteiger partial charge on any atom is 0.276 e. The summed E-state index contributed by atoms with van der Waals surface area (Å²) in [6.07, 6.45) is 1.83. The summed E-state index contributed by atoms with van der Waals surface area (Å²) in [6.45, 7) is 0. The van der Waals surface area contributed by atoms with Gasteiger partial charge in [0.25, 0.3) is 5.91 Å². The molecule has 2 aromatic rings. The van der Waals surface area contributed by atoms with Crippen molar-refractivity contribution in [2.24, 2.45) is 0 Å². The molecule has 4 nitrogen and oxygen atoms in total. The third kappa shape index (κ3) is 2.77. The minimum absolute atomic E-state index is 0.0530. The number of aromatic nitrogens is 2. The highest BCUT2D eigenvalue weighted by Crippen LogP contribution is 2.27. The van der Waals surface area contributed by atoms with Gasteiger partial charge in [-0.25, -0.2) is 31.9 Å². The summed E-state index contributed by atoms with van der Waals surface area (Å²) in [5.74, 6) is -12.2. The van der Waals surface area contributed by atoms with Crippen LogP contribution in [0.3, 0.4) is 0 Å². The van der Waals surface area contributed by atoms with Crippen LogP contribution >= 0.6 is 11.6 Å². The van der Waals surface area contributed by atoms with Crippen LogP contribution in [-0.2, 0) is 0 Å². The lowest BCUT2D eigenvalue weighted by atomic mass is 10.2. The molecule has 1 amide bonds. The van der Waals surface area contributed by atoms with Gasteiger partial charge < -0.3 is 5.32 Å². The summed E-state index contributed by atoms with van der Waals surface area (Å²) in [4.78, 5) is 18.6. The highest BCUT2D eigenvalue weighted by Gasteiger charge is 2.27. The fourth-order valence-corrected chi connectivity index (χ4v) is 1.42. The Labute approximate surface area is 118 Å². The number of amides is 1. The maximum absolute atomic E-state index is 13.3. The molecule has 0 bridgehead atoms. The zero-order valence-corrected chi connectivity index (χ0v) is 10.5. The molecule has 110 valence electrons. The minimum atomic E-state index is -2.32. The Morgan fingerprint density at radius 2 is 1.43 bits per heavy atom. The molecule has 0 saturated heterocycles. The van der Waals surface area contributed by atoms with Gasteiger partial charge in [-0.1, -0.05) is 11.6 Å². The third-order valence-corrected chi connectivity index (χ3v) is 2.50. The van der Waals surface area contributed by atoms with Crippen molar-refractivity contribution in [3.63, 3.8) is 0 Å². The van der Waals surface area contributed by atoms with E-state index in [1.165, 1.54) is 0 Å². The molecule has 0 aliphatic heterocycles. The van der Waals surface area contributed by atoms with Gasteiger partial charge in [-0.2, -0.15) is 0 Å². The Morgan fingerprint density at radius 3 is 1.90 bits per heavy atom. The van der Waals surface area contributed by atoms with Crippen molar-refractivity contribution in [1.82, 2.24) is 9.97 Å². The second-order valence-corrected chi connectivity index (χ2v) is 4.01. The minimum Gasteiger partial charge on any atom is -0.315 e. The molecule has 0 spiro atoms. The Bertz CT molecular complexity index is 694. The van der Waals surface area contributed by atoms with E-state index in [-0.39, 0.29) is 5.15 Å². The number of carbonyl (C=O) groups excluding carboxylic acids is 1. The van der Waals surface area contributed by atoms with Crippen LogP contribution in [0.4, 0.5) is 27.6 Å². The Hall–Kier alpha value is -2.29. The highest BCUT2D eigenvalue weighted by molar-refractivity contribution is 6.29. The van der Waals surface area contributed by atoms with Crippen LogP contribution in [0.1, 0.15) is 10.5 Å². The first-order valence-corrected chi connectivity index (χ1v) is 5.51. The molecule has 1 N–H and O–H groups in total. The van der Waals surface area contributed by atoms with Gasteiger partial charge in [0.15, 0.2) is 23.3 Å². The van der Waals surface area contributed by atoms with E-state index in [0.717, 1.165) is 12.4 Å². The van der Waals surface area contributed by atoms with Gasteiger partial charge in [-0.05, 0) is 0 Å². The Morgan fingerprint density at radius 1 is 0.905 bits per heavy atom. The molecule has 0 unspecified atom stereocenters. The first-order valence-electron chi connectivity index (χ1n) is 5.13. The monoisotopic (exact) mass is 323 g/mol. The number of anilines is 1. The summed E-state index contributed by atoms with van der Waals surface area (Å²) < 4.78 is 65.4. The van der Waals surface area contributed by atoms with Crippen LogP contribution in [0.2, 0.25) is 5.15 Å². The van der Waals surface area contributed by atoms with Gasteiger partial charge in [-0.15, -0.1) is 0 Å². The smallest absolute Gasteiger partial charge is 0.276 e. The SMILES string of the molecule is O=C(Nc1c(F)c(F)c(F)c(F)c1F)c1cnc(Cl)cn1. The van der Waals surface area contributed by atoms with Crippen LogP contribution in [0.15, 0.2) is 12.4 Å². The van der Waals surface area contributed by atoms with E-state index < -0.39 is 46.4 Å². The molecule has 0 aliphatic rings. The first kappa shape index (κ1) is 15.1. The van der Waals surface area contributed by atoms with Crippen molar-refractivity contribution >= 4 is 23.2 Å². The van der Waals surface area contributed by atoms with Crippen molar-refractivity contribution in [2.45, 2.75) is 0 Å². The number of halogens is 6. The second-order valence-electron chi connectivity index (χ2n) is 3.62. The van der Waals surface area contributed by atoms with Crippen LogP contribution in [0, 0.1) is 29.1 Å². The van der Waals surface area contributed by atoms with Crippen molar-refractivity contribution < 1.29 is 26.7 Å². The number of carbonyl (C=O) groups is 1. The zero-order chi connectivity index (χ0) is 15.7. The maximum atomic E-state index is 13.3. The topological polar surface area (TPSA) is 54.9 Å². The lowest BCUT2D eigenvalue weighted by Crippen LogP contribution is -2.18. The van der Waals surface area contributed by atoms with Gasteiger partial charge in [0.05, 0.1) is 12.4 Å². The molecule has 21 heavy (non-hydrogen) atoms. The lowest BCUT2D eigenvalue weighted by molar-refractivity contribution is 0.102. The number of hydrogen-bond donors (Lipinski definition) is 1. The first-order chi connectivity index (χ1) is 9.82. The van der Waals surface area contributed by atoms with Crippen LogP contribution in [-0.4, -0.2) is 15.9 Å². The molecule has 0 radical (unpaired) electrons. The van der Waals surface area contributed by atoms with Crippen LogP contribution in [0.5, 0.6) is 0 Å². The predicted molar refractivity (Wildman–Crippen MR) is 61.2 cm³/mol. The van der Waals surface area contributed by atoms with Crippen molar-refractivity contribution in [3.05, 3.63) is 52.3 Å². The lowest BCUT2D eigenvalue weighted by Gasteiger charge is -2.09. The highest BCUT2D eigenvalue weighted by atomic mass is 35.5. The number of nitrogens with zero attached hydrogens (tertiary/aromatic N) is 2. The molecule has 0 atom stereocenters. The van der Waals surface area contributed by atoms with Gasteiger partial charge in [0.1, 0.15) is 16.5 Å². The van der Waals surface area contributed by atoms with E-state index in [2.05, 4.69) is 9.97 Å². The fourth-order valence-electron chi connectivity index (χ4n) is 1.32. The molecule has 0 saturated carbocycles. The van der Waals surface area contributed by atoms with E-state index in [1.54, 1.807) is 5.32 Å². The van der Waals surface area contributed by atoms with E-state index >= 15 is 0 Å². The van der Waals surface area contributed by atoms with E-state index in [0.29, 0.717) is 0 Å². The second kappa shape index (κ2) is 5.60. The average Bonchev–Trinajstić information content (AvgIpc) is 2.48. The standard InChI is InChI=1S/C11H3ClF5N3O/c12-4-2-18-3(1-19-4)11(21)20-10-8(16)6(14)5(13)7(15)9(10)17/h1-2H,(H,20,21). The molecule has 1 heterocycles. The predicted octanol–water partition coefficient (Wildman–Crippen LogP) is 3.08. The van der Waals surface area contributed by atoms with E-state index in [9.17, 15) is 26.7 Å². The average molecular weight is 324 g/mol. The summed E-state index contributed by atoms with van der Waals surface area (Å²) in [6, 6.07) is 0. The molecule has 1 aromatic carbocycles. The molecule has 1 aromatic heterocycles. The molecular formula is C11H3ClF5N3O. The van der Waals surface area contributed by atoms with Crippen molar-refractivity contribution in [1.29, 1.82) is 0 Å². The normalized spacial score (nSPS) is 10.6. The number of benzene rings is 1. The molecule has 2 rings (SSSR count). The van der Waals surface area contributed by atoms with E-state index in [4.69, 9.17) is 11.6 Å². The van der Waals surface area contributed by atoms with Crippen LogP contribution in [0.25, 0.3) is 0 Å². The van der Waals surface area contributed by atoms with E-state index in [1.807, 2.05) is 0 Å².